The molecule has 0 fully saturated rings. The highest BCUT2D eigenvalue weighted by Gasteiger charge is 2.11. The Bertz CT molecular complexity index is 638. The molecule has 0 unspecified atom stereocenters. The number of urea groups is 1. The van der Waals surface area contributed by atoms with Crippen LogP contribution in [0.3, 0.4) is 0 Å². The average Bonchev–Trinajstić information content (AvgIpc) is 2.36. The third-order valence-corrected chi connectivity index (χ3v) is 3.25. The molecule has 20 heavy (non-hydrogen) atoms. The van der Waals surface area contributed by atoms with Crippen LogP contribution in [0.4, 0.5) is 26.2 Å². The van der Waals surface area contributed by atoms with E-state index in [0.717, 1.165) is 5.56 Å². The molecule has 2 aromatic carbocycles. The minimum Gasteiger partial charge on any atom is -0.397 e. The zero-order valence-electron chi connectivity index (χ0n) is 10.7. The summed E-state index contributed by atoms with van der Waals surface area (Å²) in [6.07, 6.45) is 0. The topological polar surface area (TPSA) is 67.1 Å². The SMILES string of the molecule is Cc1cc(N)c(NC(=O)Nc2ccccc2F)c(Br)c1. The minimum atomic E-state index is -0.564. The molecule has 0 radical (unpaired) electrons. The lowest BCUT2D eigenvalue weighted by Gasteiger charge is -2.12. The Hall–Kier alpha value is -2.08. The number of para-hydroxylation sites is 1. The van der Waals surface area contributed by atoms with Crippen LogP contribution in [0.15, 0.2) is 40.9 Å². The maximum atomic E-state index is 13.4. The lowest BCUT2D eigenvalue weighted by atomic mass is 10.2. The van der Waals surface area contributed by atoms with Crippen LogP contribution in [-0.2, 0) is 0 Å². The van der Waals surface area contributed by atoms with Gasteiger partial charge in [0.2, 0.25) is 0 Å². The van der Waals surface area contributed by atoms with E-state index >= 15 is 0 Å². The monoisotopic (exact) mass is 337 g/mol. The second-order valence-corrected chi connectivity index (χ2v) is 5.12. The summed E-state index contributed by atoms with van der Waals surface area (Å²) in [5.41, 5.74) is 7.80. The zero-order valence-corrected chi connectivity index (χ0v) is 12.3. The Morgan fingerprint density at radius 3 is 2.60 bits per heavy atom. The number of nitrogens with two attached hydrogens (primary N) is 1. The first-order valence-corrected chi connectivity index (χ1v) is 6.65. The van der Waals surface area contributed by atoms with Crippen molar-refractivity contribution in [3.63, 3.8) is 0 Å². The largest absolute Gasteiger partial charge is 0.397 e. The molecule has 4 N–H and O–H groups in total. The normalized spacial score (nSPS) is 10.2. The predicted octanol–water partition coefficient (Wildman–Crippen LogP) is 4.12. The summed E-state index contributed by atoms with van der Waals surface area (Å²) in [6.45, 7) is 1.89. The van der Waals surface area contributed by atoms with E-state index in [2.05, 4.69) is 26.6 Å². The highest BCUT2D eigenvalue weighted by Crippen LogP contribution is 2.30. The molecule has 0 atom stereocenters. The number of nitrogens with one attached hydrogen (secondary N) is 2. The van der Waals surface area contributed by atoms with Crippen molar-refractivity contribution in [2.75, 3.05) is 16.4 Å². The maximum Gasteiger partial charge on any atom is 0.323 e. The quantitative estimate of drug-likeness (QED) is 0.721. The molecule has 0 aliphatic rings. The van der Waals surface area contributed by atoms with Gasteiger partial charge in [-0.25, -0.2) is 9.18 Å². The number of anilines is 3. The van der Waals surface area contributed by atoms with Crippen LogP contribution in [-0.4, -0.2) is 6.03 Å². The molecule has 0 heterocycles. The number of aryl methyl sites for hydroxylation is 1. The summed E-state index contributed by atoms with van der Waals surface area (Å²) in [7, 11) is 0. The molecule has 2 aromatic rings. The van der Waals surface area contributed by atoms with E-state index in [1.165, 1.54) is 12.1 Å². The van der Waals surface area contributed by atoms with Gasteiger partial charge in [-0.05, 0) is 52.7 Å². The second-order valence-electron chi connectivity index (χ2n) is 4.27. The van der Waals surface area contributed by atoms with Gasteiger partial charge < -0.3 is 16.4 Å². The van der Waals surface area contributed by atoms with Crippen molar-refractivity contribution in [3.05, 3.63) is 52.3 Å². The fraction of sp³-hybridized carbons (Fsp3) is 0.0714. The predicted molar refractivity (Wildman–Crippen MR) is 82.3 cm³/mol. The number of amides is 2. The van der Waals surface area contributed by atoms with Crippen LogP contribution in [0.1, 0.15) is 5.56 Å². The van der Waals surface area contributed by atoms with Gasteiger partial charge >= 0.3 is 6.03 Å². The Labute approximate surface area is 124 Å². The standard InChI is InChI=1S/C14H13BrFN3O/c1-8-6-9(15)13(11(17)7-8)19-14(20)18-12-5-3-2-4-10(12)16/h2-7H,17H2,1H3,(H2,18,19,20). The van der Waals surface area contributed by atoms with Gasteiger partial charge in [0.1, 0.15) is 5.82 Å². The molecule has 2 rings (SSSR count). The Morgan fingerprint density at radius 1 is 1.25 bits per heavy atom. The van der Waals surface area contributed by atoms with Crippen molar-refractivity contribution >= 4 is 39.0 Å². The Kier molecular flexibility index (Phi) is 4.24. The first-order chi connectivity index (χ1) is 9.47. The molecule has 104 valence electrons. The summed E-state index contributed by atoms with van der Waals surface area (Å²) in [6, 6.07) is 8.93. The number of carbonyl (C=O) groups is 1. The second kappa shape index (κ2) is 5.92. The summed E-state index contributed by atoms with van der Waals surface area (Å²) >= 11 is 3.33. The van der Waals surface area contributed by atoms with Crippen LogP contribution < -0.4 is 16.4 Å². The summed E-state index contributed by atoms with van der Waals surface area (Å²) in [5, 5.41) is 5.02. The summed E-state index contributed by atoms with van der Waals surface area (Å²) < 4.78 is 14.1. The number of nitrogen functional groups attached to an aromatic ring is 1. The van der Waals surface area contributed by atoms with Gasteiger partial charge in [0.15, 0.2) is 0 Å². The Balaban J connectivity index is 2.15. The van der Waals surface area contributed by atoms with Gasteiger partial charge in [-0.3, -0.25) is 0 Å². The van der Waals surface area contributed by atoms with E-state index in [9.17, 15) is 9.18 Å². The van der Waals surface area contributed by atoms with Crippen molar-refractivity contribution < 1.29 is 9.18 Å². The van der Waals surface area contributed by atoms with E-state index in [0.29, 0.717) is 15.8 Å². The average molecular weight is 338 g/mol. The van der Waals surface area contributed by atoms with Crippen LogP contribution in [0.25, 0.3) is 0 Å². The van der Waals surface area contributed by atoms with E-state index < -0.39 is 11.8 Å². The summed E-state index contributed by atoms with van der Waals surface area (Å²) in [4.78, 5) is 11.9. The molecule has 6 heteroatoms. The molecule has 0 saturated carbocycles. The molecular formula is C14H13BrFN3O. The van der Waals surface area contributed by atoms with Gasteiger partial charge in [-0.15, -0.1) is 0 Å². The third kappa shape index (κ3) is 3.27. The molecule has 0 saturated heterocycles. The number of benzene rings is 2. The van der Waals surface area contributed by atoms with E-state index in [-0.39, 0.29) is 5.69 Å². The van der Waals surface area contributed by atoms with Crippen LogP contribution in [0.5, 0.6) is 0 Å². The van der Waals surface area contributed by atoms with Crippen LogP contribution in [0.2, 0.25) is 0 Å². The fourth-order valence-electron chi connectivity index (χ4n) is 1.73. The number of rotatable bonds is 2. The van der Waals surface area contributed by atoms with Gasteiger partial charge in [0.05, 0.1) is 17.1 Å². The smallest absolute Gasteiger partial charge is 0.323 e. The lowest BCUT2D eigenvalue weighted by molar-refractivity contribution is 0.262. The Morgan fingerprint density at radius 2 is 1.95 bits per heavy atom. The molecule has 0 aliphatic carbocycles. The first kappa shape index (κ1) is 14.3. The number of carbonyl (C=O) groups excluding carboxylic acids is 1. The fourth-order valence-corrected chi connectivity index (χ4v) is 2.42. The lowest BCUT2D eigenvalue weighted by Crippen LogP contribution is -2.21. The zero-order chi connectivity index (χ0) is 14.7. The van der Waals surface area contributed by atoms with Crippen LogP contribution in [0, 0.1) is 12.7 Å². The van der Waals surface area contributed by atoms with Gasteiger partial charge in [-0.2, -0.15) is 0 Å². The van der Waals surface area contributed by atoms with Gasteiger partial charge in [0, 0.05) is 4.47 Å². The van der Waals surface area contributed by atoms with Crippen molar-refractivity contribution in [2.24, 2.45) is 0 Å². The third-order valence-electron chi connectivity index (χ3n) is 2.63. The van der Waals surface area contributed by atoms with E-state index in [4.69, 9.17) is 5.73 Å². The van der Waals surface area contributed by atoms with Crippen molar-refractivity contribution in [1.82, 2.24) is 0 Å². The molecule has 2 amide bonds. The number of hydrogen-bond acceptors (Lipinski definition) is 2. The highest BCUT2D eigenvalue weighted by molar-refractivity contribution is 9.10. The number of hydrogen-bond donors (Lipinski definition) is 3. The minimum absolute atomic E-state index is 0.104. The maximum absolute atomic E-state index is 13.4. The van der Waals surface area contributed by atoms with Crippen molar-refractivity contribution in [1.29, 1.82) is 0 Å². The summed E-state index contributed by atoms with van der Waals surface area (Å²) in [5.74, 6) is -0.501. The van der Waals surface area contributed by atoms with Crippen LogP contribution >= 0.6 is 15.9 Å². The molecule has 0 aromatic heterocycles. The molecule has 0 bridgehead atoms. The highest BCUT2D eigenvalue weighted by atomic mass is 79.9. The molecular weight excluding hydrogens is 325 g/mol. The molecule has 0 aliphatic heterocycles. The van der Waals surface area contributed by atoms with Gasteiger partial charge in [-0.1, -0.05) is 12.1 Å². The number of halogens is 2. The van der Waals surface area contributed by atoms with E-state index in [1.54, 1.807) is 18.2 Å². The van der Waals surface area contributed by atoms with Crippen molar-refractivity contribution in [2.45, 2.75) is 6.92 Å². The van der Waals surface area contributed by atoms with E-state index in [1.807, 2.05) is 13.0 Å². The van der Waals surface area contributed by atoms with Crippen molar-refractivity contribution in [3.8, 4) is 0 Å². The first-order valence-electron chi connectivity index (χ1n) is 5.85. The molecule has 0 spiro atoms. The van der Waals surface area contributed by atoms with Gasteiger partial charge in [0.25, 0.3) is 0 Å². The molecule has 4 nitrogen and oxygen atoms in total.